The van der Waals surface area contributed by atoms with Crippen molar-refractivity contribution in [2.45, 2.75) is 236 Å². The van der Waals surface area contributed by atoms with Gasteiger partial charge in [-0.3, -0.25) is 0 Å². The molecule has 6 heterocycles. The lowest BCUT2D eigenvalue weighted by Gasteiger charge is -2.46. The third-order valence-corrected chi connectivity index (χ3v) is 35.3. The molecule has 15 aromatic rings. The summed E-state index contributed by atoms with van der Waals surface area (Å²) in [4.78, 5) is 15.8. The summed E-state index contributed by atoms with van der Waals surface area (Å²) >= 11 is 0. The SMILES string of the molecule is Cc1ccc(N2c3ccc(C(C)(c4ccc5c(c4)B4c6cc(C(C)(C)C)ccc6N(c6ccc(C(C)(C)C)cc6)c6cc(C)cc(c64)N5c4ccc([Si](C)(C)C)cc4)c4ccc5c(c4)B4c6cc(C(C)(C)C)ccc6N(c6ccc(C(C)(C)C)cc6)c6cc(C)cc(c64)N5c4ccc([Si](C)(C)C)cc4)cc3B3c4cc(C(C)(C)C)ccc4N(c4ccc(C(C)(C)C)cc4)c4cc(C)cc2c43)cc1. The van der Waals surface area contributed by atoms with Gasteiger partial charge in [-0.25, -0.2) is 0 Å². The average Bonchev–Trinajstić information content (AvgIpc) is 0.691. The molecule has 0 amide bonds. The molecule has 0 spiro atoms. The van der Waals surface area contributed by atoms with Crippen LogP contribution in [0.3, 0.4) is 0 Å². The predicted octanol–water partition coefficient (Wildman–Crippen LogP) is 27.4. The van der Waals surface area contributed by atoms with Crippen molar-refractivity contribution in [2.75, 3.05) is 29.4 Å². The van der Waals surface area contributed by atoms with Crippen LogP contribution in [0.4, 0.5) is 102 Å². The number of anilines is 18. The van der Waals surface area contributed by atoms with Gasteiger partial charge in [0.1, 0.15) is 0 Å². The second-order valence-electron chi connectivity index (χ2n) is 49.3. The number of nitrogens with zero attached hydrogens (tertiary/aromatic N) is 6. The van der Waals surface area contributed by atoms with E-state index in [0.29, 0.717) is 0 Å². The monoisotopic (exact) mass is 1820 g/mol. The molecular formula is C126H135B3N6Si2. The quantitative estimate of drug-likeness (QED) is 0.0943. The third-order valence-electron chi connectivity index (χ3n) is 31.2. The lowest BCUT2D eigenvalue weighted by atomic mass is 9.32. The van der Waals surface area contributed by atoms with Crippen molar-refractivity contribution in [3.8, 4) is 0 Å². The predicted molar refractivity (Wildman–Crippen MR) is 604 cm³/mol. The zero-order valence-corrected chi connectivity index (χ0v) is 88.6. The minimum atomic E-state index is -1.75. The van der Waals surface area contributed by atoms with Crippen molar-refractivity contribution in [3.63, 3.8) is 0 Å². The van der Waals surface area contributed by atoms with Crippen molar-refractivity contribution in [2.24, 2.45) is 0 Å². The second kappa shape index (κ2) is 31.6. The summed E-state index contributed by atoms with van der Waals surface area (Å²) in [7, 11) is -3.51. The van der Waals surface area contributed by atoms with Crippen molar-refractivity contribution in [3.05, 3.63) is 364 Å². The molecule has 0 aliphatic carbocycles. The molecule has 0 saturated heterocycles. The number of rotatable bonds is 11. The number of hydrogen-bond donors (Lipinski definition) is 0. The van der Waals surface area contributed by atoms with Gasteiger partial charge in [0, 0.05) is 108 Å². The lowest BCUT2D eigenvalue weighted by molar-refractivity contribution is 0.590. The highest BCUT2D eigenvalue weighted by Gasteiger charge is 2.51. The Balaban J connectivity index is 0.886. The van der Waals surface area contributed by atoms with Gasteiger partial charge in [-0.2, -0.15) is 0 Å². The van der Waals surface area contributed by atoms with Gasteiger partial charge in [-0.15, -0.1) is 0 Å². The highest BCUT2D eigenvalue weighted by atomic mass is 28.3. The summed E-state index contributed by atoms with van der Waals surface area (Å²) in [6.45, 7) is 68.5. The summed E-state index contributed by atoms with van der Waals surface area (Å²) in [5.74, 6) is 0. The van der Waals surface area contributed by atoms with E-state index >= 15 is 0 Å². The van der Waals surface area contributed by atoms with Gasteiger partial charge in [-0.05, 0) is 329 Å². The summed E-state index contributed by atoms with van der Waals surface area (Å²) in [5.41, 5.74) is 48.0. The highest BCUT2D eigenvalue weighted by Crippen LogP contribution is 2.54. The second-order valence-corrected chi connectivity index (χ2v) is 59.5. The Hall–Kier alpha value is -12.3. The molecule has 6 aliphatic heterocycles. The van der Waals surface area contributed by atoms with Crippen LogP contribution in [0.5, 0.6) is 0 Å². The summed E-state index contributed by atoms with van der Waals surface area (Å²) < 4.78 is 0. The van der Waals surface area contributed by atoms with Gasteiger partial charge in [0.05, 0.1) is 16.1 Å². The minimum Gasteiger partial charge on any atom is -0.311 e. The number of hydrogen-bond acceptors (Lipinski definition) is 6. The molecule has 686 valence electrons. The van der Waals surface area contributed by atoms with E-state index in [9.17, 15) is 0 Å². The molecule has 0 unspecified atom stereocenters. The Labute approximate surface area is 821 Å². The zero-order valence-electron chi connectivity index (χ0n) is 86.6. The fraction of sp³-hybridized carbons (Fsp3) is 0.286. The van der Waals surface area contributed by atoms with Crippen LogP contribution in [-0.4, -0.2) is 36.3 Å². The molecule has 0 fully saturated rings. The van der Waals surface area contributed by atoms with Crippen molar-refractivity contribution in [1.82, 2.24) is 0 Å². The first-order chi connectivity index (χ1) is 64.5. The van der Waals surface area contributed by atoms with Crippen LogP contribution in [-0.2, 0) is 37.9 Å². The van der Waals surface area contributed by atoms with E-state index in [1.54, 1.807) is 0 Å². The molecule has 15 aromatic carbocycles. The molecule has 137 heavy (non-hydrogen) atoms. The van der Waals surface area contributed by atoms with Gasteiger partial charge in [-0.1, -0.05) is 325 Å². The van der Waals surface area contributed by atoms with Gasteiger partial charge >= 0.3 is 0 Å². The van der Waals surface area contributed by atoms with Crippen LogP contribution < -0.4 is 88.9 Å². The molecule has 0 aromatic heterocycles. The molecule has 0 radical (unpaired) electrons. The molecule has 0 saturated carbocycles. The van der Waals surface area contributed by atoms with Crippen molar-refractivity contribution >= 4 is 198 Å². The molecule has 0 atom stereocenters. The first-order valence-corrected chi connectivity index (χ1v) is 57.2. The summed E-state index contributed by atoms with van der Waals surface area (Å²) in [6, 6.07) is 118. The zero-order chi connectivity index (χ0) is 96.9. The van der Waals surface area contributed by atoms with E-state index in [-0.39, 0.29) is 52.6 Å². The van der Waals surface area contributed by atoms with Gasteiger partial charge in [0.2, 0.25) is 0 Å². The maximum Gasteiger partial charge on any atom is 0.252 e. The average molecular weight is 1820 g/mol. The van der Waals surface area contributed by atoms with E-state index in [1.165, 1.54) is 200 Å². The topological polar surface area (TPSA) is 19.4 Å². The Morgan fingerprint density at radius 2 is 0.343 bits per heavy atom. The highest BCUT2D eigenvalue weighted by molar-refractivity contribution is 7.02. The van der Waals surface area contributed by atoms with Crippen molar-refractivity contribution < 1.29 is 0 Å². The van der Waals surface area contributed by atoms with Gasteiger partial charge in [0.25, 0.3) is 20.1 Å². The van der Waals surface area contributed by atoms with E-state index in [1.807, 2.05) is 0 Å². The maximum absolute atomic E-state index is 2.73. The molecule has 0 N–H and O–H groups in total. The fourth-order valence-corrected chi connectivity index (χ4v) is 25.5. The molecule has 11 heteroatoms. The number of fused-ring (bicyclic) bond motifs is 12. The fourth-order valence-electron chi connectivity index (χ4n) is 23.2. The normalized spacial score (nSPS) is 14.5. The standard InChI is InChI=1S/C126H135B3N6Si2/c1-78-30-44-91(45-31-78)130-108-63-41-88(75-102(108)127-99-72-85(123(14,15)16)38-60-105(99)131(112-67-79(2)66-111(130)117(112)127)92-46-32-82(33-47-92)120(5,6)7)126(23,89-42-64-109-103(76-89)128-100-73-86(124(17,18)19)39-61-106(100)132(93-48-34-83(35-49-93)121(8,9)10)113-68-80(3)70-115(118(113)128)134(109)95-52-56-97(57-53-95)136(24,25)26)90-43-65-110-104(77-90)129-101-74-87(125(20,21)22)40-62-107(101)133(94-50-36-84(37-51-94)122(11,12)13)114-69-81(4)71-116(119(114)129)135(110)96-54-58-98(59-55-96)137(27,28)29/h30-77H,1-29H3. The molecule has 6 nitrogen and oxygen atoms in total. The van der Waals surface area contributed by atoms with Crippen LogP contribution in [0, 0.1) is 27.7 Å². The van der Waals surface area contributed by atoms with E-state index in [0.717, 1.165) is 34.1 Å². The van der Waals surface area contributed by atoms with Crippen molar-refractivity contribution in [1.29, 1.82) is 0 Å². The maximum atomic E-state index is 2.73. The van der Waals surface area contributed by atoms with Crippen LogP contribution >= 0.6 is 0 Å². The number of aryl methyl sites for hydroxylation is 4. The lowest BCUT2D eigenvalue weighted by Crippen LogP contribution is -2.62. The first-order valence-electron chi connectivity index (χ1n) is 50.2. The molecule has 6 aliphatic rings. The Kier molecular flexibility index (Phi) is 21.0. The van der Waals surface area contributed by atoms with Crippen LogP contribution in [0.25, 0.3) is 0 Å². The van der Waals surface area contributed by atoms with Crippen LogP contribution in [0.2, 0.25) is 39.3 Å². The minimum absolute atomic E-state index is 0.0302. The van der Waals surface area contributed by atoms with Gasteiger partial charge in [0.15, 0.2) is 0 Å². The Morgan fingerprint density at radius 1 is 0.175 bits per heavy atom. The first kappa shape index (κ1) is 91.2. The molecule has 21 rings (SSSR count). The molecular weight excluding hydrogens is 1690 g/mol. The van der Waals surface area contributed by atoms with Crippen LogP contribution in [0.1, 0.15) is 204 Å². The number of benzene rings is 15. The molecule has 0 bridgehead atoms. The van der Waals surface area contributed by atoms with E-state index in [4.69, 9.17) is 0 Å². The largest absolute Gasteiger partial charge is 0.311 e. The Morgan fingerprint density at radius 3 is 0.533 bits per heavy atom. The summed E-state index contributed by atoms with van der Waals surface area (Å²) in [6.07, 6.45) is 0. The van der Waals surface area contributed by atoms with E-state index in [2.05, 4.69) is 519 Å². The van der Waals surface area contributed by atoms with Crippen LogP contribution in [0.15, 0.2) is 291 Å². The smallest absolute Gasteiger partial charge is 0.252 e. The Bertz CT molecular complexity index is 7090. The summed E-state index contributed by atoms with van der Waals surface area (Å²) in [5, 5.41) is 2.88. The third kappa shape index (κ3) is 15.2. The van der Waals surface area contributed by atoms with E-state index < -0.39 is 21.6 Å². The van der Waals surface area contributed by atoms with Gasteiger partial charge < -0.3 is 29.4 Å².